The summed E-state index contributed by atoms with van der Waals surface area (Å²) in [4.78, 5) is 3.93. The lowest BCUT2D eigenvalue weighted by molar-refractivity contribution is -0.149. The van der Waals surface area contributed by atoms with Crippen LogP contribution in [0.2, 0.25) is 0 Å². The van der Waals surface area contributed by atoms with E-state index in [1.807, 2.05) is 0 Å². The van der Waals surface area contributed by atoms with Crippen molar-refractivity contribution >= 4 is 33.5 Å². The second-order valence-electron chi connectivity index (χ2n) is 3.15. The highest BCUT2D eigenvalue weighted by Gasteiger charge is 2.41. The SMILES string of the molecule is N=C(N)C(CSc1ncccc1Br)C(F)(F)F. The molecule has 8 heteroatoms. The minimum atomic E-state index is -4.50. The van der Waals surface area contributed by atoms with Crippen LogP contribution in [0.5, 0.6) is 0 Å². The number of hydrogen-bond acceptors (Lipinski definition) is 3. The van der Waals surface area contributed by atoms with Gasteiger partial charge < -0.3 is 5.73 Å². The Labute approximate surface area is 109 Å². The molecule has 0 saturated heterocycles. The molecule has 1 atom stereocenters. The molecule has 0 radical (unpaired) electrons. The zero-order valence-corrected chi connectivity index (χ0v) is 10.9. The van der Waals surface area contributed by atoms with Crippen molar-refractivity contribution in [3.8, 4) is 0 Å². The number of alkyl halides is 3. The van der Waals surface area contributed by atoms with E-state index in [0.717, 1.165) is 11.8 Å². The van der Waals surface area contributed by atoms with Gasteiger partial charge in [-0.3, -0.25) is 5.41 Å². The summed E-state index contributed by atoms with van der Waals surface area (Å²) in [6, 6.07) is 3.35. The minimum Gasteiger partial charge on any atom is -0.387 e. The van der Waals surface area contributed by atoms with Crippen molar-refractivity contribution in [3.05, 3.63) is 22.8 Å². The van der Waals surface area contributed by atoms with E-state index in [9.17, 15) is 13.2 Å². The quantitative estimate of drug-likeness (QED) is 0.507. The molecule has 1 rings (SSSR count). The highest BCUT2D eigenvalue weighted by Crippen LogP contribution is 2.33. The van der Waals surface area contributed by atoms with Crippen molar-refractivity contribution in [1.82, 2.24) is 4.98 Å². The largest absolute Gasteiger partial charge is 0.399 e. The van der Waals surface area contributed by atoms with Gasteiger partial charge >= 0.3 is 6.18 Å². The fourth-order valence-corrected chi connectivity index (χ4v) is 2.63. The summed E-state index contributed by atoms with van der Waals surface area (Å²) in [6.45, 7) is 0. The van der Waals surface area contributed by atoms with Gasteiger partial charge in [-0.2, -0.15) is 13.2 Å². The predicted octanol–water partition coefficient (Wildman–Crippen LogP) is 3.05. The number of hydrogen-bond donors (Lipinski definition) is 2. The lowest BCUT2D eigenvalue weighted by Crippen LogP contribution is -2.37. The molecule has 0 fully saturated rings. The molecule has 1 aromatic rings. The number of nitrogens with two attached hydrogens (primary N) is 1. The normalized spacial score (nSPS) is 13.4. The van der Waals surface area contributed by atoms with Crippen LogP contribution in [-0.2, 0) is 0 Å². The Morgan fingerprint density at radius 3 is 2.71 bits per heavy atom. The van der Waals surface area contributed by atoms with Gasteiger partial charge in [-0.1, -0.05) is 0 Å². The molecule has 0 aliphatic heterocycles. The van der Waals surface area contributed by atoms with Crippen LogP contribution >= 0.6 is 27.7 Å². The van der Waals surface area contributed by atoms with Crippen LogP contribution in [-0.4, -0.2) is 22.7 Å². The molecule has 0 aromatic carbocycles. The average Bonchev–Trinajstić information content (AvgIpc) is 2.18. The molecule has 0 aliphatic rings. The Balaban J connectivity index is 2.72. The minimum absolute atomic E-state index is 0.353. The van der Waals surface area contributed by atoms with Crippen LogP contribution in [0.1, 0.15) is 0 Å². The third kappa shape index (κ3) is 4.19. The van der Waals surface area contributed by atoms with E-state index in [0.29, 0.717) is 9.50 Å². The van der Waals surface area contributed by atoms with Crippen LogP contribution in [0.15, 0.2) is 27.8 Å². The van der Waals surface area contributed by atoms with Gasteiger partial charge in [0.05, 0.1) is 0 Å². The fourth-order valence-electron chi connectivity index (χ4n) is 1.00. The summed E-state index contributed by atoms with van der Waals surface area (Å²) in [6.07, 6.45) is -3.01. The van der Waals surface area contributed by atoms with E-state index < -0.39 is 17.9 Å². The zero-order chi connectivity index (χ0) is 13.1. The first kappa shape index (κ1) is 14.3. The second-order valence-corrected chi connectivity index (χ2v) is 5.01. The molecule has 0 saturated carbocycles. The highest BCUT2D eigenvalue weighted by molar-refractivity contribution is 9.10. The molecule has 1 aromatic heterocycles. The molecule has 0 aliphatic carbocycles. The van der Waals surface area contributed by atoms with Crippen LogP contribution in [0, 0.1) is 11.3 Å². The number of amidine groups is 1. The Kier molecular flexibility index (Phi) is 4.81. The van der Waals surface area contributed by atoms with Crippen LogP contribution in [0.4, 0.5) is 13.2 Å². The van der Waals surface area contributed by atoms with Crippen LogP contribution < -0.4 is 5.73 Å². The summed E-state index contributed by atoms with van der Waals surface area (Å²) in [5.41, 5.74) is 4.94. The number of rotatable bonds is 4. The molecule has 0 spiro atoms. The second kappa shape index (κ2) is 5.72. The van der Waals surface area contributed by atoms with Gasteiger partial charge in [0.2, 0.25) is 0 Å². The van der Waals surface area contributed by atoms with Gasteiger partial charge in [-0.25, -0.2) is 4.98 Å². The number of halogens is 4. The molecule has 0 amide bonds. The van der Waals surface area contributed by atoms with Crippen LogP contribution in [0.3, 0.4) is 0 Å². The first-order valence-electron chi connectivity index (χ1n) is 4.46. The molecule has 3 nitrogen and oxygen atoms in total. The van der Waals surface area contributed by atoms with E-state index in [1.165, 1.54) is 6.20 Å². The maximum absolute atomic E-state index is 12.5. The number of thioether (sulfide) groups is 1. The highest BCUT2D eigenvalue weighted by atomic mass is 79.9. The Morgan fingerprint density at radius 1 is 1.59 bits per heavy atom. The number of pyridine rings is 1. The van der Waals surface area contributed by atoms with Crippen molar-refractivity contribution in [2.45, 2.75) is 11.2 Å². The first-order chi connectivity index (χ1) is 7.82. The predicted molar refractivity (Wildman–Crippen MR) is 64.1 cm³/mol. The molecular formula is C9H9BrF3N3S. The number of nitrogens with zero attached hydrogens (tertiary/aromatic N) is 1. The van der Waals surface area contributed by atoms with Crippen LogP contribution in [0.25, 0.3) is 0 Å². The van der Waals surface area contributed by atoms with E-state index in [1.54, 1.807) is 12.1 Å². The van der Waals surface area contributed by atoms with Gasteiger partial charge in [-0.05, 0) is 28.1 Å². The first-order valence-corrected chi connectivity index (χ1v) is 6.24. The van der Waals surface area contributed by atoms with E-state index in [2.05, 4.69) is 20.9 Å². The van der Waals surface area contributed by atoms with Crippen molar-refractivity contribution in [2.24, 2.45) is 11.7 Å². The average molecular weight is 328 g/mol. The van der Waals surface area contributed by atoms with Crippen molar-refractivity contribution in [1.29, 1.82) is 5.41 Å². The Morgan fingerprint density at radius 2 is 2.24 bits per heavy atom. The lowest BCUT2D eigenvalue weighted by Gasteiger charge is -2.18. The van der Waals surface area contributed by atoms with Gasteiger partial charge in [0.1, 0.15) is 16.8 Å². The number of aromatic nitrogens is 1. The molecular weight excluding hydrogens is 319 g/mol. The van der Waals surface area contributed by atoms with E-state index in [4.69, 9.17) is 11.1 Å². The van der Waals surface area contributed by atoms with Crippen molar-refractivity contribution < 1.29 is 13.2 Å². The third-order valence-electron chi connectivity index (χ3n) is 1.88. The van der Waals surface area contributed by atoms with Crippen molar-refractivity contribution in [2.75, 3.05) is 5.75 Å². The maximum atomic E-state index is 12.5. The number of nitrogens with one attached hydrogen (secondary N) is 1. The lowest BCUT2D eigenvalue weighted by atomic mass is 10.1. The summed E-state index contributed by atoms with van der Waals surface area (Å²) < 4.78 is 38.1. The third-order valence-corrected chi connectivity index (χ3v) is 3.88. The van der Waals surface area contributed by atoms with Gasteiger partial charge in [0.15, 0.2) is 0 Å². The Hall–Kier alpha value is -0.760. The molecule has 3 N–H and O–H groups in total. The smallest absolute Gasteiger partial charge is 0.387 e. The Bertz CT molecular complexity index is 411. The summed E-state index contributed by atoms with van der Waals surface area (Å²) in [5.74, 6) is -3.17. The molecule has 0 bridgehead atoms. The standard InChI is InChI=1S/C9H9BrF3N3S/c10-6-2-1-3-16-8(6)17-4-5(7(14)15)9(11,12)13/h1-3,5H,4H2,(H3,14,15). The summed E-state index contributed by atoms with van der Waals surface area (Å²) in [7, 11) is 0. The van der Waals surface area contributed by atoms with Gasteiger partial charge in [0.25, 0.3) is 0 Å². The van der Waals surface area contributed by atoms with E-state index >= 15 is 0 Å². The zero-order valence-electron chi connectivity index (χ0n) is 8.46. The molecule has 1 heterocycles. The molecule has 94 valence electrons. The van der Waals surface area contributed by atoms with Gasteiger partial charge in [0, 0.05) is 16.4 Å². The van der Waals surface area contributed by atoms with Crippen molar-refractivity contribution in [3.63, 3.8) is 0 Å². The monoisotopic (exact) mass is 327 g/mol. The summed E-state index contributed by atoms with van der Waals surface area (Å²) >= 11 is 4.10. The molecule has 17 heavy (non-hydrogen) atoms. The van der Waals surface area contributed by atoms with E-state index in [-0.39, 0.29) is 5.75 Å². The fraction of sp³-hybridized carbons (Fsp3) is 0.333. The summed E-state index contributed by atoms with van der Waals surface area (Å²) in [5, 5.41) is 7.39. The molecule has 1 unspecified atom stereocenters. The maximum Gasteiger partial charge on any atom is 0.399 e. The topological polar surface area (TPSA) is 62.8 Å². The van der Waals surface area contributed by atoms with Gasteiger partial charge in [-0.15, -0.1) is 11.8 Å².